The Morgan fingerprint density at radius 2 is 2.18 bits per heavy atom. The van der Waals surface area contributed by atoms with Gasteiger partial charge in [-0.05, 0) is 43.6 Å². The molecule has 0 spiro atoms. The van der Waals surface area contributed by atoms with Crippen molar-refractivity contribution >= 4 is 5.91 Å². The van der Waals surface area contributed by atoms with Crippen molar-refractivity contribution < 1.29 is 4.79 Å². The number of hydrogen-bond acceptors (Lipinski definition) is 2. The highest BCUT2D eigenvalue weighted by Gasteiger charge is 2.36. The summed E-state index contributed by atoms with van der Waals surface area (Å²) in [7, 11) is 0. The van der Waals surface area contributed by atoms with Crippen molar-refractivity contribution in [1.29, 1.82) is 0 Å². The molecule has 0 aromatic rings. The van der Waals surface area contributed by atoms with Gasteiger partial charge in [-0.15, -0.1) is 0 Å². The molecule has 1 aliphatic carbocycles. The van der Waals surface area contributed by atoms with E-state index in [0.717, 1.165) is 31.8 Å². The predicted molar refractivity (Wildman–Crippen MR) is 69.8 cm³/mol. The molecule has 0 bridgehead atoms. The van der Waals surface area contributed by atoms with Gasteiger partial charge in [0.25, 0.3) is 0 Å². The Labute approximate surface area is 105 Å². The summed E-state index contributed by atoms with van der Waals surface area (Å²) in [6.07, 6.45) is 7.57. The van der Waals surface area contributed by atoms with Crippen LogP contribution in [0.3, 0.4) is 0 Å². The molecule has 2 fully saturated rings. The molecule has 2 N–H and O–H groups in total. The largest absolute Gasteiger partial charge is 0.355 e. The quantitative estimate of drug-likeness (QED) is 0.720. The van der Waals surface area contributed by atoms with E-state index in [0.29, 0.717) is 0 Å². The highest BCUT2D eigenvalue weighted by atomic mass is 16.2. The molecule has 0 aromatic carbocycles. The molecule has 0 aromatic heterocycles. The van der Waals surface area contributed by atoms with Gasteiger partial charge in [0.1, 0.15) is 0 Å². The van der Waals surface area contributed by atoms with Crippen LogP contribution in [0.15, 0.2) is 0 Å². The smallest absolute Gasteiger partial charge is 0.237 e. The van der Waals surface area contributed by atoms with Gasteiger partial charge in [-0.3, -0.25) is 4.79 Å². The lowest BCUT2D eigenvalue weighted by atomic mass is 9.77. The number of carbonyl (C=O) groups excluding carboxylic acids is 1. The zero-order valence-electron chi connectivity index (χ0n) is 11.2. The van der Waals surface area contributed by atoms with Gasteiger partial charge in [-0.1, -0.05) is 26.7 Å². The minimum Gasteiger partial charge on any atom is -0.355 e. The number of piperidine rings is 1. The summed E-state index contributed by atoms with van der Waals surface area (Å²) < 4.78 is 0. The molecule has 1 aliphatic heterocycles. The highest BCUT2D eigenvalue weighted by Crippen LogP contribution is 2.33. The van der Waals surface area contributed by atoms with Crippen LogP contribution in [0.4, 0.5) is 0 Å². The Morgan fingerprint density at radius 1 is 1.41 bits per heavy atom. The van der Waals surface area contributed by atoms with Crippen LogP contribution < -0.4 is 10.6 Å². The molecular formula is C14H26N2O. The first-order chi connectivity index (χ1) is 8.09. The zero-order chi connectivity index (χ0) is 12.3. The van der Waals surface area contributed by atoms with Crippen molar-refractivity contribution in [2.75, 3.05) is 13.1 Å². The predicted octanol–water partition coefficient (Wildman–Crippen LogP) is 2.07. The normalized spacial score (nSPS) is 27.8. The van der Waals surface area contributed by atoms with E-state index < -0.39 is 0 Å². The maximum atomic E-state index is 12.1. The first-order valence-corrected chi connectivity index (χ1v) is 7.11. The van der Waals surface area contributed by atoms with Crippen molar-refractivity contribution in [1.82, 2.24) is 10.6 Å². The summed E-state index contributed by atoms with van der Waals surface area (Å²) in [6.45, 7) is 6.20. The molecule has 2 aliphatic rings. The highest BCUT2D eigenvalue weighted by molar-refractivity contribution is 5.82. The van der Waals surface area contributed by atoms with E-state index >= 15 is 0 Å². The Bertz CT molecular complexity index is 271. The molecule has 2 rings (SSSR count). The van der Waals surface area contributed by atoms with Gasteiger partial charge in [0.2, 0.25) is 5.91 Å². The van der Waals surface area contributed by atoms with E-state index in [1.165, 1.54) is 25.7 Å². The van der Waals surface area contributed by atoms with Crippen molar-refractivity contribution in [3.8, 4) is 0 Å². The zero-order valence-corrected chi connectivity index (χ0v) is 11.2. The molecule has 1 amide bonds. The van der Waals surface area contributed by atoms with Crippen LogP contribution in [0.2, 0.25) is 0 Å². The van der Waals surface area contributed by atoms with Crippen molar-refractivity contribution in [2.45, 2.75) is 58.4 Å². The van der Waals surface area contributed by atoms with Gasteiger partial charge in [-0.25, -0.2) is 0 Å². The van der Waals surface area contributed by atoms with Crippen molar-refractivity contribution in [3.63, 3.8) is 0 Å². The third-order valence-corrected chi connectivity index (χ3v) is 4.18. The summed E-state index contributed by atoms with van der Waals surface area (Å²) in [5.41, 5.74) is 0.0961. The van der Waals surface area contributed by atoms with Gasteiger partial charge in [0, 0.05) is 6.54 Å². The second-order valence-electron chi connectivity index (χ2n) is 6.36. The molecule has 1 heterocycles. The van der Waals surface area contributed by atoms with Gasteiger partial charge in [0.05, 0.1) is 6.04 Å². The number of amides is 1. The van der Waals surface area contributed by atoms with Crippen LogP contribution in [-0.2, 0) is 4.79 Å². The number of rotatable bonds is 5. The monoisotopic (exact) mass is 238 g/mol. The maximum absolute atomic E-state index is 12.1. The van der Waals surface area contributed by atoms with Crippen LogP contribution >= 0.6 is 0 Å². The van der Waals surface area contributed by atoms with E-state index in [2.05, 4.69) is 24.5 Å². The lowest BCUT2D eigenvalue weighted by molar-refractivity contribution is -0.126. The van der Waals surface area contributed by atoms with E-state index in [1.54, 1.807) is 0 Å². The number of nitrogens with one attached hydrogen (secondary N) is 2. The molecule has 3 nitrogen and oxygen atoms in total. The summed E-state index contributed by atoms with van der Waals surface area (Å²) in [6, 6.07) is -0.00262. The van der Waals surface area contributed by atoms with Crippen LogP contribution in [0, 0.1) is 11.3 Å². The number of hydrogen-bond donors (Lipinski definition) is 2. The van der Waals surface area contributed by atoms with Crippen LogP contribution in [0.5, 0.6) is 0 Å². The molecule has 3 heteroatoms. The molecule has 0 radical (unpaired) electrons. The number of carbonyl (C=O) groups is 1. The molecule has 1 saturated heterocycles. The lowest BCUT2D eigenvalue weighted by Gasteiger charge is -2.38. The maximum Gasteiger partial charge on any atom is 0.237 e. The average molecular weight is 238 g/mol. The first kappa shape index (κ1) is 12.9. The fourth-order valence-corrected chi connectivity index (χ4v) is 2.77. The summed E-state index contributed by atoms with van der Waals surface area (Å²) >= 11 is 0. The van der Waals surface area contributed by atoms with Crippen LogP contribution in [-0.4, -0.2) is 25.0 Å². The lowest BCUT2D eigenvalue weighted by Crippen LogP contribution is -2.55. The average Bonchev–Trinajstić information content (AvgIpc) is 3.07. The first-order valence-electron chi connectivity index (χ1n) is 7.11. The standard InChI is InChI=1S/C14H26N2O/c1-14(2)8-4-10-15-12(14)13(17)16-9-3-5-11-6-7-11/h11-12,15H,3-10H2,1-2H3,(H,16,17). The van der Waals surface area contributed by atoms with Crippen LogP contribution in [0.25, 0.3) is 0 Å². The third-order valence-electron chi connectivity index (χ3n) is 4.18. The van der Waals surface area contributed by atoms with E-state index in [-0.39, 0.29) is 17.4 Å². The second kappa shape index (κ2) is 5.38. The molecule has 1 unspecified atom stereocenters. The topological polar surface area (TPSA) is 41.1 Å². The second-order valence-corrected chi connectivity index (χ2v) is 6.36. The minimum atomic E-state index is -0.00262. The third kappa shape index (κ3) is 3.70. The molecular weight excluding hydrogens is 212 g/mol. The fraction of sp³-hybridized carbons (Fsp3) is 0.929. The fourth-order valence-electron chi connectivity index (χ4n) is 2.77. The molecule has 98 valence electrons. The summed E-state index contributed by atoms with van der Waals surface area (Å²) in [5, 5.41) is 6.45. The SMILES string of the molecule is CC1(C)CCCNC1C(=O)NCCCC1CC1. The Kier molecular flexibility index (Phi) is 4.08. The Morgan fingerprint density at radius 3 is 2.82 bits per heavy atom. The van der Waals surface area contributed by atoms with Crippen molar-refractivity contribution in [3.05, 3.63) is 0 Å². The molecule has 1 saturated carbocycles. The van der Waals surface area contributed by atoms with Gasteiger partial charge in [-0.2, -0.15) is 0 Å². The molecule has 17 heavy (non-hydrogen) atoms. The summed E-state index contributed by atoms with van der Waals surface area (Å²) in [4.78, 5) is 12.1. The van der Waals surface area contributed by atoms with Gasteiger partial charge in [0.15, 0.2) is 0 Å². The Hall–Kier alpha value is -0.570. The van der Waals surface area contributed by atoms with E-state index in [1.807, 2.05) is 0 Å². The summed E-state index contributed by atoms with van der Waals surface area (Å²) in [5.74, 6) is 1.17. The van der Waals surface area contributed by atoms with Gasteiger partial charge < -0.3 is 10.6 Å². The Balaban J connectivity index is 1.69. The van der Waals surface area contributed by atoms with Crippen molar-refractivity contribution in [2.24, 2.45) is 11.3 Å². The van der Waals surface area contributed by atoms with Crippen LogP contribution in [0.1, 0.15) is 52.4 Å². The van der Waals surface area contributed by atoms with Gasteiger partial charge >= 0.3 is 0 Å². The van der Waals surface area contributed by atoms with E-state index in [9.17, 15) is 4.79 Å². The van der Waals surface area contributed by atoms with E-state index in [4.69, 9.17) is 0 Å². The minimum absolute atomic E-state index is 0.00262. The molecule has 1 atom stereocenters.